The molecule has 1 aliphatic carbocycles. The average molecular weight is 242 g/mol. The van der Waals surface area contributed by atoms with Crippen LogP contribution in [0, 0.1) is 6.92 Å². The molecule has 0 unspecified atom stereocenters. The summed E-state index contributed by atoms with van der Waals surface area (Å²) < 4.78 is 10.8. The first-order valence-electron chi connectivity index (χ1n) is 6.09. The van der Waals surface area contributed by atoms with Crippen LogP contribution >= 0.6 is 0 Å². The fourth-order valence-corrected chi connectivity index (χ4v) is 1.80. The van der Waals surface area contributed by atoms with Gasteiger partial charge in [0.15, 0.2) is 5.76 Å². The zero-order chi connectivity index (χ0) is 12.5. The Hall–Kier alpha value is -2.03. The molecule has 92 valence electrons. The maximum Gasteiger partial charge on any atom is 0.228 e. The fraction of sp³-hybridized carbons (Fsp3) is 0.267. The Morgan fingerprint density at radius 1 is 1.22 bits per heavy atom. The summed E-state index contributed by atoms with van der Waals surface area (Å²) in [6, 6.07) is 9.02. The maximum absolute atomic E-state index is 12.1. The van der Waals surface area contributed by atoms with Gasteiger partial charge in [0.1, 0.15) is 5.75 Å². The average Bonchev–Trinajstić information content (AvgIpc) is 3.09. The second-order valence-electron chi connectivity index (χ2n) is 4.60. The molecule has 0 N–H and O–H groups in total. The van der Waals surface area contributed by atoms with Gasteiger partial charge in [-0.25, -0.2) is 0 Å². The van der Waals surface area contributed by atoms with Crippen molar-refractivity contribution in [3.05, 3.63) is 53.5 Å². The number of furan rings is 1. The highest BCUT2D eigenvalue weighted by Gasteiger charge is 2.23. The van der Waals surface area contributed by atoms with Gasteiger partial charge in [0, 0.05) is 5.56 Å². The van der Waals surface area contributed by atoms with Crippen LogP contribution < -0.4 is 4.74 Å². The van der Waals surface area contributed by atoms with Crippen LogP contribution in [0.25, 0.3) is 0 Å². The number of rotatable bonds is 4. The van der Waals surface area contributed by atoms with E-state index in [0.29, 0.717) is 17.4 Å². The van der Waals surface area contributed by atoms with Gasteiger partial charge in [-0.05, 0) is 55.7 Å². The second kappa shape index (κ2) is 4.33. The van der Waals surface area contributed by atoms with E-state index in [1.54, 1.807) is 18.2 Å². The molecule has 18 heavy (non-hydrogen) atoms. The number of ketones is 1. The van der Waals surface area contributed by atoms with Gasteiger partial charge in [-0.2, -0.15) is 0 Å². The van der Waals surface area contributed by atoms with Crippen LogP contribution in [0.15, 0.2) is 41.0 Å². The molecule has 0 atom stereocenters. The molecule has 0 spiro atoms. The molecule has 1 aromatic heterocycles. The number of hydrogen-bond donors (Lipinski definition) is 0. The Labute approximate surface area is 105 Å². The standard InChI is InChI=1S/C15H14O3/c1-10-8-9-17-15(10)14(16)11-2-4-12(5-3-11)18-13-6-7-13/h2-5,8-9,13H,6-7H2,1H3. The van der Waals surface area contributed by atoms with Crippen molar-refractivity contribution < 1.29 is 13.9 Å². The van der Waals surface area contributed by atoms with E-state index in [1.165, 1.54) is 6.26 Å². The van der Waals surface area contributed by atoms with Gasteiger partial charge in [0.05, 0.1) is 12.4 Å². The van der Waals surface area contributed by atoms with Crippen molar-refractivity contribution in [2.75, 3.05) is 0 Å². The topological polar surface area (TPSA) is 39.4 Å². The van der Waals surface area contributed by atoms with Gasteiger partial charge in [0.2, 0.25) is 5.78 Å². The molecule has 3 rings (SSSR count). The minimum atomic E-state index is -0.0875. The van der Waals surface area contributed by atoms with Crippen molar-refractivity contribution in [1.82, 2.24) is 0 Å². The van der Waals surface area contributed by atoms with Crippen LogP contribution in [-0.2, 0) is 0 Å². The first-order chi connectivity index (χ1) is 8.74. The monoisotopic (exact) mass is 242 g/mol. The number of carbonyl (C=O) groups is 1. The predicted octanol–water partition coefficient (Wildman–Crippen LogP) is 3.36. The summed E-state index contributed by atoms with van der Waals surface area (Å²) in [5, 5.41) is 0. The van der Waals surface area contributed by atoms with E-state index >= 15 is 0 Å². The van der Waals surface area contributed by atoms with Gasteiger partial charge in [-0.1, -0.05) is 0 Å². The molecule has 0 aliphatic heterocycles. The fourth-order valence-electron chi connectivity index (χ4n) is 1.80. The van der Waals surface area contributed by atoms with E-state index < -0.39 is 0 Å². The maximum atomic E-state index is 12.1. The highest BCUT2D eigenvalue weighted by Crippen LogP contribution is 2.27. The van der Waals surface area contributed by atoms with E-state index in [4.69, 9.17) is 9.15 Å². The lowest BCUT2D eigenvalue weighted by Crippen LogP contribution is -2.02. The zero-order valence-corrected chi connectivity index (χ0v) is 10.2. The molecular weight excluding hydrogens is 228 g/mol. The highest BCUT2D eigenvalue weighted by atomic mass is 16.5. The van der Waals surface area contributed by atoms with Crippen molar-refractivity contribution in [2.45, 2.75) is 25.9 Å². The van der Waals surface area contributed by atoms with E-state index in [1.807, 2.05) is 19.1 Å². The molecule has 1 heterocycles. The first kappa shape index (κ1) is 11.1. The number of hydrogen-bond acceptors (Lipinski definition) is 3. The number of ether oxygens (including phenoxy) is 1. The molecule has 3 heteroatoms. The van der Waals surface area contributed by atoms with Crippen molar-refractivity contribution in [1.29, 1.82) is 0 Å². The van der Waals surface area contributed by atoms with Crippen LogP contribution in [-0.4, -0.2) is 11.9 Å². The minimum Gasteiger partial charge on any atom is -0.490 e. The molecule has 1 fully saturated rings. The molecule has 3 nitrogen and oxygen atoms in total. The van der Waals surface area contributed by atoms with Gasteiger partial charge in [-0.3, -0.25) is 4.79 Å². The molecule has 2 aromatic rings. The third-order valence-corrected chi connectivity index (χ3v) is 3.01. The lowest BCUT2D eigenvalue weighted by Gasteiger charge is -2.04. The SMILES string of the molecule is Cc1ccoc1C(=O)c1ccc(OC2CC2)cc1. The third-order valence-electron chi connectivity index (χ3n) is 3.01. The molecular formula is C15H14O3. The summed E-state index contributed by atoms with van der Waals surface area (Å²) in [4.78, 5) is 12.1. The van der Waals surface area contributed by atoms with Crippen molar-refractivity contribution in [3.63, 3.8) is 0 Å². The summed E-state index contributed by atoms with van der Waals surface area (Å²) in [5.74, 6) is 1.14. The Balaban J connectivity index is 1.79. The lowest BCUT2D eigenvalue weighted by molar-refractivity contribution is 0.101. The largest absolute Gasteiger partial charge is 0.490 e. The molecule has 0 radical (unpaired) electrons. The molecule has 1 aromatic carbocycles. The zero-order valence-electron chi connectivity index (χ0n) is 10.2. The first-order valence-corrected chi connectivity index (χ1v) is 6.09. The summed E-state index contributed by atoms with van der Waals surface area (Å²) in [6.07, 6.45) is 4.17. The second-order valence-corrected chi connectivity index (χ2v) is 4.60. The summed E-state index contributed by atoms with van der Waals surface area (Å²) in [7, 11) is 0. The van der Waals surface area contributed by atoms with E-state index in [9.17, 15) is 4.79 Å². The normalized spacial score (nSPS) is 14.5. The third kappa shape index (κ3) is 2.16. The Morgan fingerprint density at radius 2 is 1.94 bits per heavy atom. The Bertz CT molecular complexity index is 562. The van der Waals surface area contributed by atoms with E-state index in [-0.39, 0.29) is 5.78 Å². The minimum absolute atomic E-state index is 0.0875. The molecule has 0 bridgehead atoms. The van der Waals surface area contributed by atoms with Gasteiger partial charge >= 0.3 is 0 Å². The van der Waals surface area contributed by atoms with Crippen LogP contribution in [0.4, 0.5) is 0 Å². The molecule has 1 aliphatic rings. The summed E-state index contributed by atoms with van der Waals surface area (Å²) >= 11 is 0. The van der Waals surface area contributed by atoms with Crippen molar-refractivity contribution in [3.8, 4) is 5.75 Å². The summed E-state index contributed by atoms with van der Waals surface area (Å²) in [5.41, 5.74) is 1.48. The van der Waals surface area contributed by atoms with Crippen molar-refractivity contribution in [2.24, 2.45) is 0 Å². The van der Waals surface area contributed by atoms with Gasteiger partial charge in [0.25, 0.3) is 0 Å². The van der Waals surface area contributed by atoms with E-state index in [2.05, 4.69) is 0 Å². The van der Waals surface area contributed by atoms with Crippen LogP contribution in [0.5, 0.6) is 5.75 Å². The predicted molar refractivity (Wildman–Crippen MR) is 67.0 cm³/mol. The van der Waals surface area contributed by atoms with Gasteiger partial charge in [-0.15, -0.1) is 0 Å². The number of benzene rings is 1. The summed E-state index contributed by atoms with van der Waals surface area (Å²) in [6.45, 7) is 1.86. The smallest absolute Gasteiger partial charge is 0.228 e. The van der Waals surface area contributed by atoms with Gasteiger partial charge < -0.3 is 9.15 Å². The van der Waals surface area contributed by atoms with Crippen molar-refractivity contribution >= 4 is 5.78 Å². The number of aryl methyl sites for hydroxylation is 1. The van der Waals surface area contributed by atoms with E-state index in [0.717, 1.165) is 24.2 Å². The molecule has 0 saturated heterocycles. The molecule has 0 amide bonds. The Kier molecular flexibility index (Phi) is 2.67. The van der Waals surface area contributed by atoms with Crippen LogP contribution in [0.3, 0.4) is 0 Å². The lowest BCUT2D eigenvalue weighted by atomic mass is 10.1. The van der Waals surface area contributed by atoms with Crippen LogP contribution in [0.1, 0.15) is 34.5 Å². The highest BCUT2D eigenvalue weighted by molar-refractivity contribution is 6.07. The van der Waals surface area contributed by atoms with Crippen LogP contribution in [0.2, 0.25) is 0 Å². The molecule has 1 saturated carbocycles. The quantitative estimate of drug-likeness (QED) is 0.772. The Morgan fingerprint density at radius 3 is 2.50 bits per heavy atom. The number of carbonyl (C=O) groups excluding carboxylic acids is 1.